The fraction of sp³-hybridized carbons (Fsp3) is 0.591. The molecule has 0 saturated carbocycles. The number of benzene rings is 1. The Morgan fingerprint density at radius 3 is 2.23 bits per heavy atom. The third-order valence-corrected chi connectivity index (χ3v) is 4.48. The lowest BCUT2D eigenvalue weighted by Crippen LogP contribution is -2.52. The van der Waals surface area contributed by atoms with Crippen molar-refractivity contribution in [1.29, 1.82) is 0 Å². The fourth-order valence-electron chi connectivity index (χ4n) is 3.02. The van der Waals surface area contributed by atoms with Crippen LogP contribution in [0.15, 0.2) is 18.2 Å². The maximum Gasteiger partial charge on any atom is 0.410 e. The number of carbonyl (C=O) groups is 3. The molecule has 31 heavy (non-hydrogen) atoms. The van der Waals surface area contributed by atoms with Crippen LogP contribution in [0, 0.1) is 0 Å². The van der Waals surface area contributed by atoms with Crippen molar-refractivity contribution in [3.05, 3.63) is 23.8 Å². The topological polar surface area (TPSA) is 97.4 Å². The molecule has 1 fully saturated rings. The maximum atomic E-state index is 12.7. The molecule has 1 aromatic rings. The molecule has 0 atom stereocenters. The quantitative estimate of drug-likeness (QED) is 0.686. The second-order valence-electron chi connectivity index (χ2n) is 8.57. The van der Waals surface area contributed by atoms with E-state index in [0.717, 1.165) is 0 Å². The molecule has 9 nitrogen and oxygen atoms in total. The fourth-order valence-corrected chi connectivity index (χ4v) is 3.02. The van der Waals surface area contributed by atoms with E-state index in [1.807, 2.05) is 34.6 Å². The van der Waals surface area contributed by atoms with Gasteiger partial charge in [0, 0.05) is 26.2 Å². The number of anilines is 1. The van der Waals surface area contributed by atoms with Gasteiger partial charge in [0.2, 0.25) is 5.91 Å². The molecule has 1 aromatic carbocycles. The molecule has 1 heterocycles. The number of piperazine rings is 1. The van der Waals surface area contributed by atoms with E-state index < -0.39 is 11.6 Å². The number of ether oxygens (including phenoxy) is 3. The van der Waals surface area contributed by atoms with Crippen molar-refractivity contribution in [2.24, 2.45) is 0 Å². The summed E-state index contributed by atoms with van der Waals surface area (Å²) in [4.78, 5) is 40.0. The van der Waals surface area contributed by atoms with Crippen molar-refractivity contribution in [2.45, 2.75) is 46.3 Å². The standard InChI is InChI=1S/C22H33N3O6/c1-15(2)30-18-8-7-16(20(27)29-6)13-17(18)23-14-19(26)24-9-11-25(12-10-24)21(28)31-22(3,4)5/h7-8,13,15,23H,9-12,14H2,1-6H3. The zero-order chi connectivity index (χ0) is 23.2. The van der Waals surface area contributed by atoms with Crippen LogP contribution < -0.4 is 10.1 Å². The number of nitrogens with zero attached hydrogens (tertiary/aromatic N) is 2. The van der Waals surface area contributed by atoms with Gasteiger partial charge in [-0.25, -0.2) is 9.59 Å². The first-order valence-corrected chi connectivity index (χ1v) is 10.4. The van der Waals surface area contributed by atoms with Gasteiger partial charge in [-0.2, -0.15) is 0 Å². The summed E-state index contributed by atoms with van der Waals surface area (Å²) in [6, 6.07) is 4.91. The second-order valence-corrected chi connectivity index (χ2v) is 8.57. The first kappa shape index (κ1) is 24.3. The van der Waals surface area contributed by atoms with Crippen LogP contribution in [0.4, 0.5) is 10.5 Å². The number of hydrogen-bond acceptors (Lipinski definition) is 7. The number of methoxy groups -OCH3 is 1. The monoisotopic (exact) mass is 435 g/mol. The highest BCUT2D eigenvalue weighted by atomic mass is 16.6. The van der Waals surface area contributed by atoms with Crippen LogP contribution in [-0.4, -0.2) is 79.3 Å². The summed E-state index contributed by atoms with van der Waals surface area (Å²) in [7, 11) is 1.31. The van der Waals surface area contributed by atoms with Crippen LogP contribution in [-0.2, 0) is 14.3 Å². The van der Waals surface area contributed by atoms with Crippen LogP contribution in [0.5, 0.6) is 5.75 Å². The van der Waals surface area contributed by atoms with E-state index in [2.05, 4.69) is 5.32 Å². The zero-order valence-corrected chi connectivity index (χ0v) is 19.2. The molecule has 0 bridgehead atoms. The minimum atomic E-state index is -0.553. The summed E-state index contributed by atoms with van der Waals surface area (Å²) in [5.74, 6) is -0.0308. The van der Waals surface area contributed by atoms with Crippen LogP contribution in [0.2, 0.25) is 0 Å². The first-order chi connectivity index (χ1) is 14.5. The molecule has 2 rings (SSSR count). The normalized spacial score (nSPS) is 14.3. The van der Waals surface area contributed by atoms with E-state index in [1.54, 1.807) is 28.0 Å². The number of esters is 1. The molecule has 0 unspecified atom stereocenters. The number of carbonyl (C=O) groups excluding carboxylic acids is 3. The van der Waals surface area contributed by atoms with Gasteiger partial charge in [0.05, 0.1) is 31.0 Å². The van der Waals surface area contributed by atoms with Crippen molar-refractivity contribution in [3.63, 3.8) is 0 Å². The van der Waals surface area contributed by atoms with Gasteiger partial charge in [-0.15, -0.1) is 0 Å². The summed E-state index contributed by atoms with van der Waals surface area (Å²) in [6.45, 7) is 11.0. The van der Waals surface area contributed by atoms with Gasteiger partial charge < -0.3 is 29.3 Å². The summed E-state index contributed by atoms with van der Waals surface area (Å²) in [5.41, 5.74) is 0.347. The van der Waals surface area contributed by atoms with E-state index in [1.165, 1.54) is 7.11 Å². The van der Waals surface area contributed by atoms with Crippen molar-refractivity contribution < 1.29 is 28.6 Å². The second kappa shape index (κ2) is 10.4. The van der Waals surface area contributed by atoms with Crippen LogP contribution in [0.3, 0.4) is 0 Å². The third kappa shape index (κ3) is 7.34. The maximum absolute atomic E-state index is 12.7. The average Bonchev–Trinajstić information content (AvgIpc) is 2.70. The van der Waals surface area contributed by atoms with E-state index in [9.17, 15) is 14.4 Å². The van der Waals surface area contributed by atoms with Crippen LogP contribution in [0.25, 0.3) is 0 Å². The molecule has 0 aromatic heterocycles. The predicted octanol–water partition coefficient (Wildman–Crippen LogP) is 2.75. The van der Waals surface area contributed by atoms with Gasteiger partial charge in [0.1, 0.15) is 11.4 Å². The Morgan fingerprint density at radius 1 is 1.06 bits per heavy atom. The van der Waals surface area contributed by atoms with Gasteiger partial charge >= 0.3 is 12.1 Å². The summed E-state index contributed by atoms with van der Waals surface area (Å²) in [6.07, 6.45) is -0.436. The van der Waals surface area contributed by atoms with Crippen molar-refractivity contribution in [1.82, 2.24) is 9.80 Å². The highest BCUT2D eigenvalue weighted by molar-refractivity contribution is 5.91. The molecule has 1 N–H and O–H groups in total. The highest BCUT2D eigenvalue weighted by Gasteiger charge is 2.27. The molecular formula is C22H33N3O6. The molecule has 1 aliphatic heterocycles. The Labute approximate surface area is 183 Å². The first-order valence-electron chi connectivity index (χ1n) is 10.4. The lowest BCUT2D eigenvalue weighted by atomic mass is 10.2. The number of rotatable bonds is 6. The van der Waals surface area contributed by atoms with Gasteiger partial charge in [-0.05, 0) is 52.8 Å². The lowest BCUT2D eigenvalue weighted by Gasteiger charge is -2.35. The van der Waals surface area contributed by atoms with Crippen molar-refractivity contribution in [3.8, 4) is 5.75 Å². The minimum Gasteiger partial charge on any atom is -0.489 e. The van der Waals surface area contributed by atoms with E-state index >= 15 is 0 Å². The molecule has 1 aliphatic rings. The number of nitrogens with one attached hydrogen (secondary N) is 1. The average molecular weight is 436 g/mol. The molecule has 9 heteroatoms. The predicted molar refractivity (Wildman–Crippen MR) is 116 cm³/mol. The Bertz CT molecular complexity index is 795. The molecule has 1 saturated heterocycles. The van der Waals surface area contributed by atoms with Crippen molar-refractivity contribution in [2.75, 3.05) is 45.2 Å². The van der Waals surface area contributed by atoms with E-state index in [-0.39, 0.29) is 24.6 Å². The Hall–Kier alpha value is -2.97. The van der Waals surface area contributed by atoms with E-state index in [4.69, 9.17) is 14.2 Å². The molecule has 0 spiro atoms. The Morgan fingerprint density at radius 2 is 1.68 bits per heavy atom. The lowest BCUT2D eigenvalue weighted by molar-refractivity contribution is -0.131. The van der Waals surface area contributed by atoms with Crippen molar-refractivity contribution >= 4 is 23.7 Å². The molecule has 172 valence electrons. The highest BCUT2D eigenvalue weighted by Crippen LogP contribution is 2.27. The van der Waals surface area contributed by atoms with Gasteiger partial charge in [0.25, 0.3) is 0 Å². The molecule has 0 aliphatic carbocycles. The van der Waals surface area contributed by atoms with Crippen LogP contribution in [0.1, 0.15) is 45.0 Å². The SMILES string of the molecule is COC(=O)c1ccc(OC(C)C)c(NCC(=O)N2CCN(C(=O)OC(C)(C)C)CC2)c1. The van der Waals surface area contributed by atoms with Crippen LogP contribution >= 0.6 is 0 Å². The molecule has 0 radical (unpaired) electrons. The number of hydrogen-bond donors (Lipinski definition) is 1. The molecular weight excluding hydrogens is 402 g/mol. The largest absolute Gasteiger partial charge is 0.489 e. The van der Waals surface area contributed by atoms with E-state index in [0.29, 0.717) is 43.2 Å². The Balaban J connectivity index is 1.96. The summed E-state index contributed by atoms with van der Waals surface area (Å²) >= 11 is 0. The third-order valence-electron chi connectivity index (χ3n) is 4.48. The van der Waals surface area contributed by atoms with Gasteiger partial charge in [-0.1, -0.05) is 0 Å². The minimum absolute atomic E-state index is 0.0333. The molecule has 2 amide bonds. The smallest absolute Gasteiger partial charge is 0.410 e. The summed E-state index contributed by atoms with van der Waals surface area (Å²) in [5, 5.41) is 3.07. The summed E-state index contributed by atoms with van der Waals surface area (Å²) < 4.78 is 15.9. The van der Waals surface area contributed by atoms with Gasteiger partial charge in [0.15, 0.2) is 0 Å². The number of amides is 2. The zero-order valence-electron chi connectivity index (χ0n) is 19.2. The Kier molecular flexibility index (Phi) is 8.13. The van der Waals surface area contributed by atoms with Gasteiger partial charge in [-0.3, -0.25) is 4.79 Å².